The second-order valence-corrected chi connectivity index (χ2v) is 8.33. The average molecular weight is 430 g/mol. The molecule has 1 amide bonds. The van der Waals surface area contributed by atoms with Gasteiger partial charge < -0.3 is 9.74 Å². The molecular weight excluding hydrogens is 405 g/mol. The minimum atomic E-state index is -4.37. The maximum Gasteiger partial charge on any atom is 0.416 e. The molecule has 1 fully saturated rings. The molecule has 1 heterocycles. The number of rotatable bonds is 6. The quantitative estimate of drug-likeness (QED) is 0.621. The van der Waals surface area contributed by atoms with Gasteiger partial charge in [-0.2, -0.15) is 13.2 Å². The summed E-state index contributed by atoms with van der Waals surface area (Å²) in [6.45, 7) is 2.63. The number of carbonyl (C=O) groups excluding carboxylic acids is 1. The molecule has 0 aromatic heterocycles. The number of hydrogen-bond donors (Lipinski definition) is 0. The molecule has 0 radical (unpaired) electrons. The summed E-state index contributed by atoms with van der Waals surface area (Å²) >= 11 is 0. The first-order valence-corrected chi connectivity index (χ1v) is 10.5. The first-order chi connectivity index (χ1) is 14.8. The Morgan fingerprint density at radius 2 is 1.84 bits per heavy atom. The molecule has 4 rings (SSSR count). The SMILES string of the molecule is Cc1ccccc1C1=NO[C@H](CN(Cc2ccc(C(F)(F)F)cc2)C(=O)C2CCC2)C1. The molecule has 1 atom stereocenters. The van der Waals surface area contributed by atoms with Gasteiger partial charge in [0.25, 0.3) is 0 Å². The number of benzene rings is 2. The molecule has 4 nitrogen and oxygen atoms in total. The van der Waals surface area contributed by atoms with Gasteiger partial charge in [0, 0.05) is 24.4 Å². The van der Waals surface area contributed by atoms with Crippen LogP contribution in [-0.2, 0) is 22.4 Å². The van der Waals surface area contributed by atoms with Crippen LogP contribution in [-0.4, -0.2) is 29.2 Å². The third-order valence-corrected chi connectivity index (χ3v) is 6.03. The Kier molecular flexibility index (Phi) is 6.03. The molecule has 2 aliphatic rings. The van der Waals surface area contributed by atoms with E-state index in [2.05, 4.69) is 5.16 Å². The molecule has 0 unspecified atom stereocenters. The smallest absolute Gasteiger partial charge is 0.390 e. The van der Waals surface area contributed by atoms with Gasteiger partial charge in [0.05, 0.1) is 17.8 Å². The van der Waals surface area contributed by atoms with E-state index < -0.39 is 11.7 Å². The van der Waals surface area contributed by atoms with E-state index in [0.717, 1.165) is 48.2 Å². The number of hydrogen-bond acceptors (Lipinski definition) is 3. The van der Waals surface area contributed by atoms with Crippen molar-refractivity contribution in [1.29, 1.82) is 0 Å². The Bertz CT molecular complexity index is 966. The number of alkyl halides is 3. The molecular formula is C24H25F3N2O2. The van der Waals surface area contributed by atoms with Crippen molar-refractivity contribution in [3.63, 3.8) is 0 Å². The molecule has 0 saturated heterocycles. The van der Waals surface area contributed by atoms with Gasteiger partial charge in [-0.1, -0.05) is 48.0 Å². The average Bonchev–Trinajstić information content (AvgIpc) is 3.14. The van der Waals surface area contributed by atoms with Crippen molar-refractivity contribution in [2.75, 3.05) is 6.54 Å². The van der Waals surface area contributed by atoms with E-state index in [0.29, 0.717) is 18.5 Å². The lowest BCUT2D eigenvalue weighted by Gasteiger charge is -2.32. The van der Waals surface area contributed by atoms with Crippen molar-refractivity contribution in [3.8, 4) is 0 Å². The Labute approximate surface area is 179 Å². The predicted octanol–water partition coefficient (Wildman–Crippen LogP) is 5.34. The fourth-order valence-corrected chi connectivity index (χ4v) is 3.99. The highest BCUT2D eigenvalue weighted by Gasteiger charge is 2.34. The topological polar surface area (TPSA) is 41.9 Å². The van der Waals surface area contributed by atoms with Crippen molar-refractivity contribution < 1.29 is 22.8 Å². The van der Waals surface area contributed by atoms with Crippen LogP contribution in [0.4, 0.5) is 13.2 Å². The van der Waals surface area contributed by atoms with Crippen molar-refractivity contribution in [1.82, 2.24) is 4.90 Å². The fourth-order valence-electron chi connectivity index (χ4n) is 3.99. The second-order valence-electron chi connectivity index (χ2n) is 8.33. The summed E-state index contributed by atoms with van der Waals surface area (Å²) in [6.07, 6.45) is -1.30. The summed E-state index contributed by atoms with van der Waals surface area (Å²) in [5, 5.41) is 4.24. The lowest BCUT2D eigenvalue weighted by Crippen LogP contribution is -2.42. The van der Waals surface area contributed by atoms with Crippen molar-refractivity contribution in [3.05, 3.63) is 70.8 Å². The number of amides is 1. The Balaban J connectivity index is 1.45. The fraction of sp³-hybridized carbons (Fsp3) is 0.417. The molecule has 2 aromatic rings. The van der Waals surface area contributed by atoms with Gasteiger partial charge in [-0.05, 0) is 43.0 Å². The van der Waals surface area contributed by atoms with Crippen LogP contribution in [0.5, 0.6) is 0 Å². The third kappa shape index (κ3) is 4.92. The normalized spacial score (nSPS) is 18.8. The maximum absolute atomic E-state index is 13.0. The second kappa shape index (κ2) is 8.73. The third-order valence-electron chi connectivity index (χ3n) is 6.03. The number of aryl methyl sites for hydroxylation is 1. The first-order valence-electron chi connectivity index (χ1n) is 10.5. The van der Waals surface area contributed by atoms with Crippen LogP contribution in [0.2, 0.25) is 0 Å². The zero-order valence-electron chi connectivity index (χ0n) is 17.4. The predicted molar refractivity (Wildman–Crippen MR) is 111 cm³/mol. The summed E-state index contributed by atoms with van der Waals surface area (Å²) < 4.78 is 38.6. The van der Waals surface area contributed by atoms with Crippen LogP contribution in [0.3, 0.4) is 0 Å². The van der Waals surface area contributed by atoms with Crippen LogP contribution < -0.4 is 0 Å². The molecule has 1 aliphatic heterocycles. The summed E-state index contributed by atoms with van der Waals surface area (Å²) in [5.74, 6) is 0.0340. The highest BCUT2D eigenvalue weighted by atomic mass is 19.4. The minimum Gasteiger partial charge on any atom is -0.390 e. The molecule has 1 aliphatic carbocycles. The molecule has 0 bridgehead atoms. The summed E-state index contributed by atoms with van der Waals surface area (Å²) in [4.78, 5) is 20.4. The van der Waals surface area contributed by atoms with Gasteiger partial charge in [-0.3, -0.25) is 4.79 Å². The summed E-state index contributed by atoms with van der Waals surface area (Å²) in [6, 6.07) is 12.9. The number of nitrogens with zero attached hydrogens (tertiary/aromatic N) is 2. The largest absolute Gasteiger partial charge is 0.416 e. The van der Waals surface area contributed by atoms with Gasteiger partial charge in [-0.25, -0.2) is 0 Å². The van der Waals surface area contributed by atoms with E-state index in [1.165, 1.54) is 12.1 Å². The van der Waals surface area contributed by atoms with Crippen LogP contribution in [0, 0.1) is 12.8 Å². The summed E-state index contributed by atoms with van der Waals surface area (Å²) in [7, 11) is 0. The molecule has 0 N–H and O–H groups in total. The number of oxime groups is 1. The van der Waals surface area contributed by atoms with Gasteiger partial charge in [0.2, 0.25) is 5.91 Å². The standard InChI is InChI=1S/C24H25F3N2O2/c1-16-5-2-3-8-21(16)22-13-20(31-28-22)15-29(23(30)18-6-4-7-18)14-17-9-11-19(12-10-17)24(25,26)27/h2-3,5,8-12,18,20H,4,6-7,13-15H2,1H3/t20-/m0/s1. The maximum atomic E-state index is 13.0. The number of carbonyl (C=O) groups is 1. The zero-order chi connectivity index (χ0) is 22.0. The molecule has 7 heteroatoms. The zero-order valence-corrected chi connectivity index (χ0v) is 17.4. The van der Waals surface area contributed by atoms with E-state index in [9.17, 15) is 18.0 Å². The summed E-state index contributed by atoms with van der Waals surface area (Å²) in [5.41, 5.74) is 2.97. The van der Waals surface area contributed by atoms with Crippen LogP contribution >= 0.6 is 0 Å². The molecule has 1 saturated carbocycles. The monoisotopic (exact) mass is 430 g/mol. The van der Waals surface area contributed by atoms with Gasteiger partial charge in [0.15, 0.2) is 6.10 Å². The van der Waals surface area contributed by atoms with Gasteiger partial charge in [0.1, 0.15) is 0 Å². The van der Waals surface area contributed by atoms with Crippen LogP contribution in [0.25, 0.3) is 0 Å². The molecule has 2 aromatic carbocycles. The highest BCUT2D eigenvalue weighted by Crippen LogP contribution is 2.31. The Morgan fingerprint density at radius 1 is 1.13 bits per heavy atom. The van der Waals surface area contributed by atoms with Crippen molar-refractivity contribution in [2.45, 2.75) is 51.4 Å². The first kappa shape index (κ1) is 21.4. The van der Waals surface area contributed by atoms with E-state index in [1.807, 2.05) is 31.2 Å². The van der Waals surface area contributed by atoms with Crippen molar-refractivity contribution >= 4 is 11.6 Å². The molecule has 31 heavy (non-hydrogen) atoms. The van der Waals surface area contributed by atoms with E-state index in [1.54, 1.807) is 4.90 Å². The van der Waals surface area contributed by atoms with Gasteiger partial charge >= 0.3 is 6.18 Å². The van der Waals surface area contributed by atoms with Crippen LogP contribution in [0.15, 0.2) is 53.7 Å². The highest BCUT2D eigenvalue weighted by molar-refractivity contribution is 6.02. The molecule has 164 valence electrons. The van der Waals surface area contributed by atoms with E-state index >= 15 is 0 Å². The van der Waals surface area contributed by atoms with E-state index in [4.69, 9.17) is 4.84 Å². The Hall–Kier alpha value is -2.83. The lowest BCUT2D eigenvalue weighted by molar-refractivity contribution is -0.141. The lowest BCUT2D eigenvalue weighted by atomic mass is 9.84. The molecule has 0 spiro atoms. The van der Waals surface area contributed by atoms with Crippen LogP contribution in [0.1, 0.15) is 47.9 Å². The number of halogens is 3. The van der Waals surface area contributed by atoms with Gasteiger partial charge in [-0.15, -0.1) is 0 Å². The van der Waals surface area contributed by atoms with Crippen molar-refractivity contribution in [2.24, 2.45) is 11.1 Å². The Morgan fingerprint density at radius 3 is 2.45 bits per heavy atom. The minimum absolute atomic E-state index is 0.00684. The van der Waals surface area contributed by atoms with E-state index in [-0.39, 0.29) is 24.5 Å².